The Morgan fingerprint density at radius 1 is 1.00 bits per heavy atom. The zero-order valence-electron chi connectivity index (χ0n) is 10.6. The predicted octanol–water partition coefficient (Wildman–Crippen LogP) is 4.23. The van der Waals surface area contributed by atoms with Crippen molar-refractivity contribution < 1.29 is 0 Å². The smallest absolute Gasteiger partial charge is 0.0363 e. The van der Waals surface area contributed by atoms with E-state index >= 15 is 0 Å². The molecule has 0 aliphatic carbocycles. The predicted molar refractivity (Wildman–Crippen MR) is 79.7 cm³/mol. The Hall–Kier alpha value is -1.86. The van der Waals surface area contributed by atoms with Gasteiger partial charge in [-0.2, -0.15) is 0 Å². The van der Waals surface area contributed by atoms with Gasteiger partial charge in [0.15, 0.2) is 0 Å². The summed E-state index contributed by atoms with van der Waals surface area (Å²) in [6, 6.07) is 15.2. The quantitative estimate of drug-likeness (QED) is 0.741. The molecule has 0 radical (unpaired) electrons. The molecule has 1 heteroatoms. The second kappa shape index (κ2) is 6.18. The van der Waals surface area contributed by atoms with Gasteiger partial charge in [-0.25, -0.2) is 0 Å². The first-order chi connectivity index (χ1) is 8.86. The molecule has 2 rings (SSSR count). The largest absolute Gasteiger partial charge is 0.306 e. The summed E-state index contributed by atoms with van der Waals surface area (Å²) in [5.41, 5.74) is 1.33. The molecule has 0 saturated carbocycles. The Morgan fingerprint density at radius 2 is 1.78 bits per heavy atom. The van der Waals surface area contributed by atoms with Crippen molar-refractivity contribution in [3.8, 4) is 0 Å². The summed E-state index contributed by atoms with van der Waals surface area (Å²) in [7, 11) is 0. The third-order valence-corrected chi connectivity index (χ3v) is 3.11. The monoisotopic (exact) mass is 237 g/mol. The fourth-order valence-electron chi connectivity index (χ4n) is 2.27. The average Bonchev–Trinajstić information content (AvgIpc) is 2.43. The van der Waals surface area contributed by atoms with Crippen molar-refractivity contribution >= 4 is 10.8 Å². The van der Waals surface area contributed by atoms with Crippen LogP contribution in [0, 0.1) is 0 Å². The molecular formula is C17H19N. The van der Waals surface area contributed by atoms with Crippen LogP contribution in [0.3, 0.4) is 0 Å². The molecule has 0 amide bonds. The number of benzene rings is 2. The zero-order chi connectivity index (χ0) is 12.8. The second-order valence-electron chi connectivity index (χ2n) is 4.34. The van der Waals surface area contributed by atoms with Gasteiger partial charge < -0.3 is 5.32 Å². The maximum absolute atomic E-state index is 3.85. The molecule has 0 fully saturated rings. The van der Waals surface area contributed by atoms with Crippen LogP contribution in [0.25, 0.3) is 10.8 Å². The standard InChI is InChI=1S/C17H19N/c1-3-8-17(18-13-4-2)16-12-7-10-14-9-5-6-11-15(14)16/h3-7,9-12,17-18H,1-2,8,13H2. The van der Waals surface area contributed by atoms with Gasteiger partial charge in [0.2, 0.25) is 0 Å². The van der Waals surface area contributed by atoms with E-state index in [0.717, 1.165) is 13.0 Å². The van der Waals surface area contributed by atoms with Crippen molar-refractivity contribution in [2.24, 2.45) is 0 Å². The van der Waals surface area contributed by atoms with Crippen LogP contribution in [0.2, 0.25) is 0 Å². The number of rotatable bonds is 6. The lowest BCUT2D eigenvalue weighted by Crippen LogP contribution is -2.21. The van der Waals surface area contributed by atoms with Crippen LogP contribution in [-0.2, 0) is 0 Å². The Bertz CT molecular complexity index is 537. The minimum absolute atomic E-state index is 0.298. The molecule has 2 aromatic rings. The molecule has 0 bridgehead atoms. The second-order valence-corrected chi connectivity index (χ2v) is 4.34. The van der Waals surface area contributed by atoms with Gasteiger partial charge >= 0.3 is 0 Å². The highest BCUT2D eigenvalue weighted by Gasteiger charge is 2.11. The summed E-state index contributed by atoms with van der Waals surface area (Å²) in [5, 5.41) is 6.08. The first-order valence-electron chi connectivity index (χ1n) is 6.29. The van der Waals surface area contributed by atoms with Crippen LogP contribution in [0.5, 0.6) is 0 Å². The number of hydrogen-bond acceptors (Lipinski definition) is 1. The summed E-state index contributed by atoms with van der Waals surface area (Å²) in [6.07, 6.45) is 4.77. The third kappa shape index (κ3) is 2.69. The molecule has 0 spiro atoms. The molecule has 1 nitrogen and oxygen atoms in total. The van der Waals surface area contributed by atoms with Gasteiger partial charge in [-0.3, -0.25) is 0 Å². The van der Waals surface area contributed by atoms with Crippen LogP contribution < -0.4 is 5.32 Å². The summed E-state index contributed by atoms with van der Waals surface area (Å²) in [6.45, 7) is 8.42. The van der Waals surface area contributed by atoms with E-state index in [1.54, 1.807) is 0 Å². The van der Waals surface area contributed by atoms with E-state index < -0.39 is 0 Å². The van der Waals surface area contributed by atoms with Gasteiger partial charge in [0.25, 0.3) is 0 Å². The average molecular weight is 237 g/mol. The minimum atomic E-state index is 0.298. The van der Waals surface area contributed by atoms with Crippen LogP contribution in [0.4, 0.5) is 0 Å². The van der Waals surface area contributed by atoms with Crippen molar-refractivity contribution in [1.82, 2.24) is 5.32 Å². The maximum Gasteiger partial charge on any atom is 0.0363 e. The van der Waals surface area contributed by atoms with E-state index in [-0.39, 0.29) is 0 Å². The van der Waals surface area contributed by atoms with Gasteiger partial charge in [0, 0.05) is 12.6 Å². The highest BCUT2D eigenvalue weighted by Crippen LogP contribution is 2.26. The molecule has 2 aromatic carbocycles. The van der Waals surface area contributed by atoms with Crippen molar-refractivity contribution in [2.75, 3.05) is 6.54 Å². The summed E-state index contributed by atoms with van der Waals surface area (Å²) in [4.78, 5) is 0. The normalized spacial score (nSPS) is 12.2. The summed E-state index contributed by atoms with van der Waals surface area (Å²) < 4.78 is 0. The van der Waals surface area contributed by atoms with E-state index in [0.29, 0.717) is 6.04 Å². The Kier molecular flexibility index (Phi) is 4.32. The fourth-order valence-corrected chi connectivity index (χ4v) is 2.27. The minimum Gasteiger partial charge on any atom is -0.306 e. The fraction of sp³-hybridized carbons (Fsp3) is 0.176. The number of hydrogen-bond donors (Lipinski definition) is 1. The molecule has 0 saturated heterocycles. The number of fused-ring (bicyclic) bond motifs is 1. The molecule has 0 heterocycles. The first-order valence-corrected chi connectivity index (χ1v) is 6.29. The van der Waals surface area contributed by atoms with Gasteiger partial charge in [-0.05, 0) is 22.8 Å². The van der Waals surface area contributed by atoms with Crippen LogP contribution in [0.15, 0.2) is 67.8 Å². The highest BCUT2D eigenvalue weighted by molar-refractivity contribution is 5.86. The molecule has 0 aliphatic heterocycles. The summed E-state index contributed by atoms with van der Waals surface area (Å²) in [5.74, 6) is 0. The van der Waals surface area contributed by atoms with E-state index in [2.05, 4.69) is 60.9 Å². The molecule has 1 atom stereocenters. The van der Waals surface area contributed by atoms with Crippen molar-refractivity contribution in [3.05, 3.63) is 73.3 Å². The van der Waals surface area contributed by atoms with E-state index in [1.807, 2.05) is 12.2 Å². The van der Waals surface area contributed by atoms with Crippen LogP contribution in [-0.4, -0.2) is 6.54 Å². The SMILES string of the molecule is C=CCNC(CC=C)c1cccc2ccccc12. The van der Waals surface area contributed by atoms with Gasteiger partial charge in [-0.1, -0.05) is 54.6 Å². The number of nitrogens with one attached hydrogen (secondary N) is 1. The lowest BCUT2D eigenvalue weighted by molar-refractivity contribution is 0.579. The van der Waals surface area contributed by atoms with Crippen molar-refractivity contribution in [1.29, 1.82) is 0 Å². The Morgan fingerprint density at radius 3 is 2.56 bits per heavy atom. The Labute approximate surface area is 109 Å². The molecule has 0 aromatic heterocycles. The third-order valence-electron chi connectivity index (χ3n) is 3.11. The molecule has 18 heavy (non-hydrogen) atoms. The van der Waals surface area contributed by atoms with Crippen LogP contribution >= 0.6 is 0 Å². The molecule has 0 aliphatic rings. The lowest BCUT2D eigenvalue weighted by atomic mass is 9.97. The molecule has 92 valence electrons. The lowest BCUT2D eigenvalue weighted by Gasteiger charge is -2.18. The van der Waals surface area contributed by atoms with Crippen molar-refractivity contribution in [3.63, 3.8) is 0 Å². The van der Waals surface area contributed by atoms with E-state index in [9.17, 15) is 0 Å². The zero-order valence-corrected chi connectivity index (χ0v) is 10.6. The van der Waals surface area contributed by atoms with E-state index in [1.165, 1.54) is 16.3 Å². The Balaban J connectivity index is 2.42. The van der Waals surface area contributed by atoms with Gasteiger partial charge in [-0.15, -0.1) is 13.2 Å². The first kappa shape index (κ1) is 12.6. The van der Waals surface area contributed by atoms with Gasteiger partial charge in [0.05, 0.1) is 0 Å². The summed E-state index contributed by atoms with van der Waals surface area (Å²) >= 11 is 0. The van der Waals surface area contributed by atoms with Crippen molar-refractivity contribution in [2.45, 2.75) is 12.5 Å². The maximum atomic E-state index is 3.85. The van der Waals surface area contributed by atoms with Gasteiger partial charge in [0.1, 0.15) is 0 Å². The van der Waals surface area contributed by atoms with Crippen LogP contribution in [0.1, 0.15) is 18.0 Å². The molecular weight excluding hydrogens is 218 g/mol. The molecule has 1 N–H and O–H groups in total. The molecule has 1 unspecified atom stereocenters. The highest BCUT2D eigenvalue weighted by atomic mass is 14.9. The van der Waals surface area contributed by atoms with E-state index in [4.69, 9.17) is 0 Å². The topological polar surface area (TPSA) is 12.0 Å².